The van der Waals surface area contributed by atoms with Crippen molar-refractivity contribution in [3.63, 3.8) is 0 Å². The summed E-state index contributed by atoms with van der Waals surface area (Å²) in [6.07, 6.45) is 1.63. The molecule has 0 radical (unpaired) electrons. The highest BCUT2D eigenvalue weighted by molar-refractivity contribution is 6.29. The zero-order valence-electron chi connectivity index (χ0n) is 15.9. The van der Waals surface area contributed by atoms with Crippen LogP contribution in [0.5, 0.6) is 11.5 Å². The number of aryl methyl sites for hydroxylation is 1. The Kier molecular flexibility index (Phi) is 4.67. The summed E-state index contributed by atoms with van der Waals surface area (Å²) >= 11 is 0. The fourth-order valence-corrected chi connectivity index (χ4v) is 3.24. The second-order valence-corrected chi connectivity index (χ2v) is 6.67. The Morgan fingerprint density at radius 2 is 1.83 bits per heavy atom. The maximum atomic E-state index is 13.1. The van der Waals surface area contributed by atoms with E-state index in [-0.39, 0.29) is 6.79 Å². The molecule has 1 saturated heterocycles. The van der Waals surface area contributed by atoms with E-state index in [0.29, 0.717) is 28.6 Å². The highest BCUT2D eigenvalue weighted by Gasteiger charge is 2.43. The smallest absolute Gasteiger partial charge is 0.335 e. The highest BCUT2D eigenvalue weighted by atomic mass is 16.7. The van der Waals surface area contributed by atoms with Crippen molar-refractivity contribution in [2.45, 2.75) is 13.8 Å². The van der Waals surface area contributed by atoms with Gasteiger partial charge < -0.3 is 14.8 Å². The first kappa shape index (κ1) is 18.5. The van der Waals surface area contributed by atoms with Gasteiger partial charge in [-0.15, -0.1) is 0 Å². The fourth-order valence-electron chi connectivity index (χ4n) is 3.24. The largest absolute Gasteiger partial charge is 0.454 e. The van der Waals surface area contributed by atoms with Gasteiger partial charge in [-0.2, -0.15) is 0 Å². The molecule has 2 aliphatic rings. The minimum absolute atomic E-state index is 0.145. The number of carbonyl (C=O) groups is 3. The molecule has 1 fully saturated rings. The number of anilines is 2. The molecule has 2 aliphatic heterocycles. The first-order valence-electron chi connectivity index (χ1n) is 9.06. The number of imide groups is 2. The van der Waals surface area contributed by atoms with E-state index in [1.807, 2.05) is 6.92 Å². The van der Waals surface area contributed by atoms with Crippen molar-refractivity contribution < 1.29 is 23.9 Å². The number of hydrogen-bond donors (Lipinski definition) is 2. The Hall–Kier alpha value is -3.81. The predicted octanol–water partition coefficient (Wildman–Crippen LogP) is 2.94. The molecule has 2 N–H and O–H groups in total. The summed E-state index contributed by atoms with van der Waals surface area (Å²) in [6.45, 7) is 3.76. The summed E-state index contributed by atoms with van der Waals surface area (Å²) in [6, 6.07) is 11.4. The maximum Gasteiger partial charge on any atom is 0.335 e. The van der Waals surface area contributed by atoms with E-state index < -0.39 is 23.8 Å². The summed E-state index contributed by atoms with van der Waals surface area (Å²) in [4.78, 5) is 39.0. The van der Waals surface area contributed by atoms with Gasteiger partial charge in [-0.05, 0) is 38.1 Å². The van der Waals surface area contributed by atoms with Crippen molar-refractivity contribution in [1.82, 2.24) is 5.32 Å². The molecule has 4 amide bonds. The van der Waals surface area contributed by atoms with Crippen LogP contribution in [0.3, 0.4) is 0 Å². The van der Waals surface area contributed by atoms with Crippen LogP contribution in [0.1, 0.15) is 12.5 Å². The van der Waals surface area contributed by atoms with Crippen molar-refractivity contribution in [1.29, 1.82) is 0 Å². The number of amides is 4. The summed E-state index contributed by atoms with van der Waals surface area (Å²) in [5.74, 6) is -1.29. The van der Waals surface area contributed by atoms with Gasteiger partial charge in [0.1, 0.15) is 0 Å². The molecule has 0 aromatic heterocycles. The van der Waals surface area contributed by atoms with E-state index in [1.165, 1.54) is 0 Å². The van der Waals surface area contributed by atoms with Gasteiger partial charge in [0.15, 0.2) is 17.4 Å². The Morgan fingerprint density at radius 3 is 2.55 bits per heavy atom. The number of ether oxygens (including phenoxy) is 2. The standard InChI is InChI=1S/C21H19N3O5/c1-3-15(22-13-6-9-16-17(10-13)29-11-28-16)18-19(25)23-21(27)24(20(18)26)14-7-4-12(2)5-8-14/h3-10,18,22H,11H2,1-2H3,(H,23,25,27)/b15-3-/t18-/m1/s1. The second-order valence-electron chi connectivity index (χ2n) is 6.67. The number of fused-ring (bicyclic) bond motifs is 1. The molecule has 2 aromatic carbocycles. The molecule has 0 bridgehead atoms. The number of benzene rings is 2. The second kappa shape index (κ2) is 7.31. The predicted molar refractivity (Wildman–Crippen MR) is 106 cm³/mol. The van der Waals surface area contributed by atoms with Crippen molar-refractivity contribution in [3.8, 4) is 11.5 Å². The normalized spacial score (nSPS) is 18.7. The number of urea groups is 1. The van der Waals surface area contributed by atoms with Crippen molar-refractivity contribution in [2.24, 2.45) is 5.92 Å². The number of allylic oxidation sites excluding steroid dienone is 1. The molecule has 2 heterocycles. The molecule has 0 aliphatic carbocycles. The fraction of sp³-hybridized carbons (Fsp3) is 0.190. The first-order chi connectivity index (χ1) is 14.0. The van der Waals surface area contributed by atoms with Crippen molar-refractivity contribution in [3.05, 3.63) is 59.8 Å². The Labute approximate surface area is 167 Å². The zero-order chi connectivity index (χ0) is 20.5. The topological polar surface area (TPSA) is 97.0 Å². The van der Waals surface area contributed by atoms with E-state index in [2.05, 4.69) is 10.6 Å². The monoisotopic (exact) mass is 393 g/mol. The Morgan fingerprint density at radius 1 is 1.10 bits per heavy atom. The lowest BCUT2D eigenvalue weighted by Crippen LogP contribution is -2.59. The summed E-state index contributed by atoms with van der Waals surface area (Å²) in [5.41, 5.74) is 2.37. The third kappa shape index (κ3) is 3.40. The van der Waals surface area contributed by atoms with E-state index in [4.69, 9.17) is 9.47 Å². The average Bonchev–Trinajstić information content (AvgIpc) is 3.16. The molecule has 8 heteroatoms. The lowest BCUT2D eigenvalue weighted by molar-refractivity contribution is -0.132. The summed E-state index contributed by atoms with van der Waals surface area (Å²) in [5, 5.41) is 5.36. The van der Waals surface area contributed by atoms with Crippen LogP contribution in [0.25, 0.3) is 0 Å². The van der Waals surface area contributed by atoms with Gasteiger partial charge in [0.25, 0.3) is 5.91 Å². The molecule has 2 aromatic rings. The third-order valence-electron chi connectivity index (χ3n) is 4.74. The molecule has 0 saturated carbocycles. The van der Waals surface area contributed by atoms with Gasteiger partial charge in [0.2, 0.25) is 12.7 Å². The van der Waals surface area contributed by atoms with Gasteiger partial charge in [-0.3, -0.25) is 14.9 Å². The minimum atomic E-state index is -1.19. The Balaban J connectivity index is 1.62. The van der Waals surface area contributed by atoms with Gasteiger partial charge in [0.05, 0.1) is 5.69 Å². The van der Waals surface area contributed by atoms with Crippen LogP contribution in [0, 0.1) is 12.8 Å². The maximum absolute atomic E-state index is 13.1. The zero-order valence-corrected chi connectivity index (χ0v) is 15.9. The van der Waals surface area contributed by atoms with Gasteiger partial charge in [-0.25, -0.2) is 9.69 Å². The molecule has 29 heavy (non-hydrogen) atoms. The van der Waals surface area contributed by atoms with E-state index in [9.17, 15) is 14.4 Å². The van der Waals surface area contributed by atoms with Crippen LogP contribution in [-0.4, -0.2) is 24.6 Å². The molecule has 0 unspecified atom stereocenters. The van der Waals surface area contributed by atoms with Crippen LogP contribution < -0.4 is 25.0 Å². The molecular formula is C21H19N3O5. The number of hydrogen-bond acceptors (Lipinski definition) is 6. The number of barbiturate groups is 1. The molecule has 148 valence electrons. The van der Waals surface area contributed by atoms with Crippen LogP contribution in [0.4, 0.5) is 16.2 Å². The molecule has 8 nitrogen and oxygen atoms in total. The van der Waals surface area contributed by atoms with Crippen LogP contribution >= 0.6 is 0 Å². The van der Waals surface area contributed by atoms with Gasteiger partial charge in [0, 0.05) is 17.5 Å². The third-order valence-corrected chi connectivity index (χ3v) is 4.74. The summed E-state index contributed by atoms with van der Waals surface area (Å²) < 4.78 is 10.7. The van der Waals surface area contributed by atoms with Crippen LogP contribution in [-0.2, 0) is 9.59 Å². The quantitative estimate of drug-likeness (QED) is 0.776. The summed E-state index contributed by atoms with van der Waals surface area (Å²) in [7, 11) is 0. The molecule has 0 spiro atoms. The minimum Gasteiger partial charge on any atom is -0.454 e. The van der Waals surface area contributed by atoms with Gasteiger partial charge >= 0.3 is 6.03 Å². The Bertz CT molecular complexity index is 1030. The van der Waals surface area contributed by atoms with Crippen molar-refractivity contribution in [2.75, 3.05) is 17.0 Å². The SMILES string of the molecule is C/C=C(\Nc1ccc2c(c1)OCO2)[C@@H]1C(=O)NC(=O)N(c2ccc(C)cc2)C1=O. The number of carbonyl (C=O) groups excluding carboxylic acids is 3. The first-order valence-corrected chi connectivity index (χ1v) is 9.06. The highest BCUT2D eigenvalue weighted by Crippen LogP contribution is 2.35. The lowest BCUT2D eigenvalue weighted by atomic mass is 9.99. The van der Waals surface area contributed by atoms with Crippen molar-refractivity contribution >= 4 is 29.2 Å². The molecule has 4 rings (SSSR count). The lowest BCUT2D eigenvalue weighted by Gasteiger charge is -2.31. The van der Waals surface area contributed by atoms with E-state index in [0.717, 1.165) is 10.5 Å². The number of rotatable bonds is 4. The van der Waals surface area contributed by atoms with Crippen LogP contribution in [0.15, 0.2) is 54.2 Å². The average molecular weight is 393 g/mol. The van der Waals surface area contributed by atoms with E-state index >= 15 is 0 Å². The number of nitrogens with one attached hydrogen (secondary N) is 2. The molecular weight excluding hydrogens is 374 g/mol. The van der Waals surface area contributed by atoms with E-state index in [1.54, 1.807) is 55.5 Å². The molecule has 1 atom stereocenters. The van der Waals surface area contributed by atoms with Crippen LogP contribution in [0.2, 0.25) is 0 Å². The number of nitrogens with zero attached hydrogens (tertiary/aromatic N) is 1. The van der Waals surface area contributed by atoms with Gasteiger partial charge in [-0.1, -0.05) is 23.8 Å².